The molecule has 0 unspecified atom stereocenters. The predicted octanol–water partition coefficient (Wildman–Crippen LogP) is 3.45. The lowest BCUT2D eigenvalue weighted by Gasteiger charge is -2.12. The van der Waals surface area contributed by atoms with E-state index >= 15 is 0 Å². The normalized spacial score (nSPS) is 11.3. The zero-order valence-electron chi connectivity index (χ0n) is 13.7. The van der Waals surface area contributed by atoms with E-state index < -0.39 is 0 Å². The smallest absolute Gasteiger partial charge is 0.196 e. The Balaban J connectivity index is 2.12. The first-order chi connectivity index (χ1) is 9.99. The SMILES string of the molecule is Cc1ccoc1-c1nc(C)c(CCNCC(C)C)c(C)n1. The molecule has 114 valence electrons. The molecule has 2 aromatic rings. The first kappa shape index (κ1) is 15.7. The van der Waals surface area contributed by atoms with Crippen molar-refractivity contribution in [3.63, 3.8) is 0 Å². The second-order valence-corrected chi connectivity index (χ2v) is 5.98. The Kier molecular flexibility index (Phi) is 5.12. The largest absolute Gasteiger partial charge is 0.461 e. The fourth-order valence-corrected chi connectivity index (χ4v) is 2.41. The Labute approximate surface area is 127 Å². The number of nitrogens with one attached hydrogen (secondary N) is 1. The molecule has 2 aromatic heterocycles. The van der Waals surface area contributed by atoms with Gasteiger partial charge in [-0.05, 0) is 63.4 Å². The maximum absolute atomic E-state index is 5.49. The van der Waals surface area contributed by atoms with Gasteiger partial charge in [-0.25, -0.2) is 9.97 Å². The minimum Gasteiger partial charge on any atom is -0.461 e. The monoisotopic (exact) mass is 287 g/mol. The van der Waals surface area contributed by atoms with Crippen LogP contribution in [0.4, 0.5) is 0 Å². The van der Waals surface area contributed by atoms with Crippen molar-refractivity contribution in [3.05, 3.63) is 34.8 Å². The Morgan fingerprint density at radius 1 is 1.14 bits per heavy atom. The maximum atomic E-state index is 5.49. The Morgan fingerprint density at radius 3 is 2.33 bits per heavy atom. The molecule has 0 aliphatic heterocycles. The van der Waals surface area contributed by atoms with Crippen LogP contribution < -0.4 is 5.32 Å². The van der Waals surface area contributed by atoms with Crippen LogP contribution in [0.1, 0.15) is 36.4 Å². The van der Waals surface area contributed by atoms with Crippen molar-refractivity contribution in [2.45, 2.75) is 41.0 Å². The summed E-state index contributed by atoms with van der Waals surface area (Å²) in [7, 11) is 0. The van der Waals surface area contributed by atoms with Crippen LogP contribution >= 0.6 is 0 Å². The van der Waals surface area contributed by atoms with E-state index in [0.717, 1.165) is 42.2 Å². The lowest BCUT2D eigenvalue weighted by atomic mass is 10.1. The van der Waals surface area contributed by atoms with Crippen LogP contribution in [0.15, 0.2) is 16.7 Å². The molecule has 4 heteroatoms. The molecular formula is C17H25N3O. The summed E-state index contributed by atoms with van der Waals surface area (Å²) < 4.78 is 5.49. The summed E-state index contributed by atoms with van der Waals surface area (Å²) in [5.41, 5.74) is 4.39. The molecule has 4 nitrogen and oxygen atoms in total. The average molecular weight is 287 g/mol. The first-order valence-corrected chi connectivity index (χ1v) is 7.58. The molecule has 0 fully saturated rings. The quantitative estimate of drug-likeness (QED) is 0.827. The number of furan rings is 1. The highest BCUT2D eigenvalue weighted by Gasteiger charge is 2.13. The fourth-order valence-electron chi connectivity index (χ4n) is 2.41. The molecule has 0 saturated heterocycles. The van der Waals surface area contributed by atoms with Gasteiger partial charge in [-0.15, -0.1) is 0 Å². The van der Waals surface area contributed by atoms with E-state index in [-0.39, 0.29) is 0 Å². The fraction of sp³-hybridized carbons (Fsp3) is 0.529. The van der Waals surface area contributed by atoms with Crippen LogP contribution in [0.25, 0.3) is 11.6 Å². The van der Waals surface area contributed by atoms with Crippen LogP contribution in [0.2, 0.25) is 0 Å². The Hall–Kier alpha value is -1.68. The summed E-state index contributed by atoms with van der Waals surface area (Å²) in [6.45, 7) is 12.5. The predicted molar refractivity (Wildman–Crippen MR) is 85.4 cm³/mol. The van der Waals surface area contributed by atoms with E-state index in [1.807, 2.05) is 26.8 Å². The summed E-state index contributed by atoms with van der Waals surface area (Å²) in [6, 6.07) is 1.94. The molecule has 2 heterocycles. The standard InChI is InChI=1S/C17H25N3O/c1-11(2)10-18-8-6-15-13(4)19-17(20-14(15)5)16-12(3)7-9-21-16/h7,9,11,18H,6,8,10H2,1-5H3. The summed E-state index contributed by atoms with van der Waals surface area (Å²) in [6.07, 6.45) is 2.64. The van der Waals surface area contributed by atoms with E-state index in [4.69, 9.17) is 4.42 Å². The van der Waals surface area contributed by atoms with Gasteiger partial charge in [0, 0.05) is 11.4 Å². The van der Waals surface area contributed by atoms with Crippen molar-refractivity contribution in [1.29, 1.82) is 0 Å². The van der Waals surface area contributed by atoms with E-state index in [0.29, 0.717) is 11.7 Å². The molecule has 21 heavy (non-hydrogen) atoms. The zero-order chi connectivity index (χ0) is 15.4. The van der Waals surface area contributed by atoms with Gasteiger partial charge in [0.2, 0.25) is 0 Å². The number of nitrogens with zero attached hydrogens (tertiary/aromatic N) is 2. The number of hydrogen-bond acceptors (Lipinski definition) is 4. The number of aryl methyl sites for hydroxylation is 3. The van der Waals surface area contributed by atoms with Crippen LogP contribution in [-0.4, -0.2) is 23.1 Å². The molecule has 0 amide bonds. The minimum atomic E-state index is 0.674. The van der Waals surface area contributed by atoms with Gasteiger partial charge in [-0.3, -0.25) is 0 Å². The van der Waals surface area contributed by atoms with Crippen molar-refractivity contribution < 1.29 is 4.42 Å². The molecule has 2 rings (SSSR count). The van der Waals surface area contributed by atoms with Gasteiger partial charge in [0.1, 0.15) is 0 Å². The van der Waals surface area contributed by atoms with Gasteiger partial charge >= 0.3 is 0 Å². The van der Waals surface area contributed by atoms with E-state index in [9.17, 15) is 0 Å². The molecule has 0 bridgehead atoms. The molecule has 0 spiro atoms. The van der Waals surface area contributed by atoms with E-state index in [1.165, 1.54) is 5.56 Å². The van der Waals surface area contributed by atoms with Crippen molar-refractivity contribution in [1.82, 2.24) is 15.3 Å². The average Bonchev–Trinajstić information content (AvgIpc) is 2.82. The molecule has 0 atom stereocenters. The molecule has 1 N–H and O–H groups in total. The molecule has 0 radical (unpaired) electrons. The van der Waals surface area contributed by atoms with Crippen LogP contribution in [0.3, 0.4) is 0 Å². The van der Waals surface area contributed by atoms with E-state index in [1.54, 1.807) is 6.26 Å². The van der Waals surface area contributed by atoms with Gasteiger partial charge in [-0.1, -0.05) is 13.8 Å². The van der Waals surface area contributed by atoms with Crippen LogP contribution in [-0.2, 0) is 6.42 Å². The summed E-state index contributed by atoms with van der Waals surface area (Å²) in [4.78, 5) is 9.24. The van der Waals surface area contributed by atoms with Gasteiger partial charge < -0.3 is 9.73 Å². The van der Waals surface area contributed by atoms with Crippen LogP contribution in [0, 0.1) is 26.7 Å². The Morgan fingerprint density at radius 2 is 1.81 bits per heavy atom. The molecule has 0 saturated carbocycles. The third-order valence-electron chi connectivity index (χ3n) is 3.59. The topological polar surface area (TPSA) is 51.0 Å². The third kappa shape index (κ3) is 3.91. The van der Waals surface area contributed by atoms with Gasteiger partial charge in [-0.2, -0.15) is 0 Å². The highest BCUT2D eigenvalue weighted by molar-refractivity contribution is 5.53. The van der Waals surface area contributed by atoms with Crippen molar-refractivity contribution >= 4 is 0 Å². The maximum Gasteiger partial charge on any atom is 0.196 e. The molecule has 0 aromatic carbocycles. The van der Waals surface area contributed by atoms with Gasteiger partial charge in [0.05, 0.1) is 6.26 Å². The summed E-state index contributed by atoms with van der Waals surface area (Å²) in [5.74, 6) is 2.13. The number of aromatic nitrogens is 2. The minimum absolute atomic E-state index is 0.674. The zero-order valence-corrected chi connectivity index (χ0v) is 13.7. The second kappa shape index (κ2) is 6.85. The Bertz CT molecular complexity index is 579. The molecular weight excluding hydrogens is 262 g/mol. The van der Waals surface area contributed by atoms with E-state index in [2.05, 4.69) is 29.1 Å². The highest BCUT2D eigenvalue weighted by Crippen LogP contribution is 2.23. The van der Waals surface area contributed by atoms with Gasteiger partial charge in [0.15, 0.2) is 11.6 Å². The molecule has 0 aliphatic rings. The van der Waals surface area contributed by atoms with Crippen molar-refractivity contribution in [2.75, 3.05) is 13.1 Å². The van der Waals surface area contributed by atoms with Crippen LogP contribution in [0.5, 0.6) is 0 Å². The van der Waals surface area contributed by atoms with Crippen molar-refractivity contribution in [3.8, 4) is 11.6 Å². The summed E-state index contributed by atoms with van der Waals surface area (Å²) in [5, 5.41) is 3.46. The second-order valence-electron chi connectivity index (χ2n) is 5.98. The summed E-state index contributed by atoms with van der Waals surface area (Å²) >= 11 is 0. The lowest BCUT2D eigenvalue weighted by molar-refractivity contribution is 0.552. The number of rotatable bonds is 6. The first-order valence-electron chi connectivity index (χ1n) is 7.58. The van der Waals surface area contributed by atoms with Crippen molar-refractivity contribution in [2.24, 2.45) is 5.92 Å². The highest BCUT2D eigenvalue weighted by atomic mass is 16.3. The number of hydrogen-bond donors (Lipinski definition) is 1. The lowest BCUT2D eigenvalue weighted by Crippen LogP contribution is -2.23. The van der Waals surface area contributed by atoms with Gasteiger partial charge in [0.25, 0.3) is 0 Å². The third-order valence-corrected chi connectivity index (χ3v) is 3.59. The molecule has 0 aliphatic carbocycles.